The molecule has 0 bridgehead atoms. The zero-order valence-corrected chi connectivity index (χ0v) is 12.7. The molecule has 4 rings (SSSR count). The van der Waals surface area contributed by atoms with Crippen LogP contribution >= 0.6 is 0 Å². The Kier molecular flexibility index (Phi) is 2.74. The van der Waals surface area contributed by atoms with E-state index in [4.69, 9.17) is 4.74 Å². The molecule has 21 heavy (non-hydrogen) atoms. The molecule has 0 amide bonds. The first-order valence-corrected chi connectivity index (χ1v) is 7.67. The summed E-state index contributed by atoms with van der Waals surface area (Å²) in [6.07, 6.45) is 4.16. The molecule has 1 N–H and O–H groups in total. The Morgan fingerprint density at radius 1 is 1.33 bits per heavy atom. The van der Waals surface area contributed by atoms with Crippen molar-refractivity contribution in [3.63, 3.8) is 0 Å². The van der Waals surface area contributed by atoms with Gasteiger partial charge in [0.15, 0.2) is 0 Å². The SMILES string of the molecule is CNc1ccc2c(c1)C1C(CO2)C1c1cn(C(C)C)cn1. The van der Waals surface area contributed by atoms with E-state index in [-0.39, 0.29) is 0 Å². The quantitative estimate of drug-likeness (QED) is 0.938. The Balaban J connectivity index is 1.66. The van der Waals surface area contributed by atoms with Crippen LogP contribution in [0.15, 0.2) is 30.7 Å². The summed E-state index contributed by atoms with van der Waals surface area (Å²) in [5.41, 5.74) is 3.70. The van der Waals surface area contributed by atoms with Gasteiger partial charge in [0.25, 0.3) is 0 Å². The summed E-state index contributed by atoms with van der Waals surface area (Å²) in [6, 6.07) is 6.85. The van der Waals surface area contributed by atoms with Gasteiger partial charge in [0.2, 0.25) is 0 Å². The van der Waals surface area contributed by atoms with Crippen molar-refractivity contribution in [3.8, 4) is 5.75 Å². The molecule has 1 aromatic carbocycles. The van der Waals surface area contributed by atoms with E-state index in [9.17, 15) is 0 Å². The normalized spacial score (nSPS) is 26.0. The molecule has 4 nitrogen and oxygen atoms in total. The van der Waals surface area contributed by atoms with Crippen LogP contribution < -0.4 is 10.1 Å². The molecule has 2 heterocycles. The summed E-state index contributed by atoms with van der Waals surface area (Å²) in [6.45, 7) is 5.18. The van der Waals surface area contributed by atoms with Crippen LogP contribution in [-0.2, 0) is 0 Å². The average molecular weight is 283 g/mol. The fourth-order valence-electron chi connectivity index (χ4n) is 3.50. The molecule has 1 aromatic heterocycles. The summed E-state index contributed by atoms with van der Waals surface area (Å²) in [5, 5.41) is 3.21. The first kappa shape index (κ1) is 12.7. The number of hydrogen-bond acceptors (Lipinski definition) is 3. The van der Waals surface area contributed by atoms with E-state index in [2.05, 4.69) is 53.1 Å². The summed E-state index contributed by atoms with van der Waals surface area (Å²) in [5.74, 6) is 2.71. The van der Waals surface area contributed by atoms with Crippen molar-refractivity contribution in [1.82, 2.24) is 9.55 Å². The Morgan fingerprint density at radius 3 is 2.90 bits per heavy atom. The maximum atomic E-state index is 5.92. The van der Waals surface area contributed by atoms with Crippen LogP contribution in [0.3, 0.4) is 0 Å². The Bertz CT molecular complexity index is 676. The highest BCUT2D eigenvalue weighted by molar-refractivity contribution is 5.56. The fraction of sp³-hybridized carbons (Fsp3) is 0.471. The van der Waals surface area contributed by atoms with Crippen LogP contribution in [0.4, 0.5) is 5.69 Å². The van der Waals surface area contributed by atoms with E-state index in [1.165, 1.54) is 11.3 Å². The van der Waals surface area contributed by atoms with Crippen LogP contribution in [0.25, 0.3) is 0 Å². The van der Waals surface area contributed by atoms with Crippen LogP contribution in [0.5, 0.6) is 5.75 Å². The smallest absolute Gasteiger partial charge is 0.122 e. The number of benzene rings is 1. The number of ether oxygens (including phenoxy) is 1. The van der Waals surface area contributed by atoms with Crippen molar-refractivity contribution < 1.29 is 4.74 Å². The van der Waals surface area contributed by atoms with Gasteiger partial charge in [-0.2, -0.15) is 0 Å². The molecule has 0 radical (unpaired) electrons. The van der Waals surface area contributed by atoms with Gasteiger partial charge < -0.3 is 14.6 Å². The molecule has 2 aliphatic rings. The molecule has 1 fully saturated rings. The van der Waals surface area contributed by atoms with Gasteiger partial charge in [0.1, 0.15) is 5.75 Å². The van der Waals surface area contributed by atoms with Crippen molar-refractivity contribution in [2.24, 2.45) is 5.92 Å². The lowest BCUT2D eigenvalue weighted by molar-refractivity contribution is 0.277. The largest absolute Gasteiger partial charge is 0.493 e. The van der Waals surface area contributed by atoms with Gasteiger partial charge in [-0.25, -0.2) is 4.98 Å². The van der Waals surface area contributed by atoms with Crippen molar-refractivity contribution in [2.75, 3.05) is 19.0 Å². The summed E-state index contributed by atoms with van der Waals surface area (Å²) < 4.78 is 8.11. The highest BCUT2D eigenvalue weighted by atomic mass is 16.5. The zero-order chi connectivity index (χ0) is 14.6. The molecule has 0 spiro atoms. The van der Waals surface area contributed by atoms with Gasteiger partial charge in [-0.15, -0.1) is 0 Å². The minimum absolute atomic E-state index is 0.464. The van der Waals surface area contributed by atoms with E-state index in [0.717, 1.165) is 18.0 Å². The molecular formula is C17H21N3O. The molecule has 1 saturated carbocycles. The summed E-state index contributed by atoms with van der Waals surface area (Å²) in [4.78, 5) is 4.63. The lowest BCUT2D eigenvalue weighted by Gasteiger charge is -2.17. The second kappa shape index (κ2) is 4.52. The van der Waals surface area contributed by atoms with Gasteiger partial charge >= 0.3 is 0 Å². The third kappa shape index (κ3) is 1.93. The number of fused-ring (bicyclic) bond motifs is 3. The van der Waals surface area contributed by atoms with Gasteiger partial charge in [-0.05, 0) is 32.0 Å². The fourth-order valence-corrected chi connectivity index (χ4v) is 3.50. The van der Waals surface area contributed by atoms with E-state index >= 15 is 0 Å². The molecule has 1 aliphatic carbocycles. The van der Waals surface area contributed by atoms with Gasteiger partial charge in [-0.1, -0.05) is 0 Å². The Labute approximate surface area is 125 Å². The van der Waals surface area contributed by atoms with Crippen LogP contribution in [0, 0.1) is 5.92 Å². The molecule has 3 atom stereocenters. The lowest BCUT2D eigenvalue weighted by Crippen LogP contribution is -2.08. The molecule has 1 aliphatic heterocycles. The predicted octanol–water partition coefficient (Wildman–Crippen LogP) is 3.40. The molecule has 2 aromatic rings. The molecular weight excluding hydrogens is 262 g/mol. The lowest BCUT2D eigenvalue weighted by atomic mass is 10.0. The van der Waals surface area contributed by atoms with E-state index < -0.39 is 0 Å². The first-order valence-electron chi connectivity index (χ1n) is 7.67. The minimum atomic E-state index is 0.464. The maximum Gasteiger partial charge on any atom is 0.122 e. The van der Waals surface area contributed by atoms with Gasteiger partial charge in [-0.3, -0.25) is 0 Å². The maximum absolute atomic E-state index is 5.92. The topological polar surface area (TPSA) is 39.1 Å². The number of aromatic nitrogens is 2. The minimum Gasteiger partial charge on any atom is -0.493 e. The average Bonchev–Trinajstić information content (AvgIpc) is 3.03. The summed E-state index contributed by atoms with van der Waals surface area (Å²) >= 11 is 0. The monoisotopic (exact) mass is 283 g/mol. The highest BCUT2D eigenvalue weighted by Crippen LogP contribution is 2.64. The van der Waals surface area contributed by atoms with Crippen molar-refractivity contribution in [2.45, 2.75) is 31.7 Å². The van der Waals surface area contributed by atoms with Crippen LogP contribution in [0.1, 0.15) is 43.0 Å². The zero-order valence-electron chi connectivity index (χ0n) is 12.7. The molecule has 110 valence electrons. The van der Waals surface area contributed by atoms with Crippen LogP contribution in [-0.4, -0.2) is 23.2 Å². The number of imidazole rings is 1. The highest BCUT2D eigenvalue weighted by Gasteiger charge is 2.56. The van der Waals surface area contributed by atoms with E-state index in [0.29, 0.717) is 23.8 Å². The number of hydrogen-bond donors (Lipinski definition) is 1. The van der Waals surface area contributed by atoms with Crippen LogP contribution in [0.2, 0.25) is 0 Å². The third-order valence-corrected chi connectivity index (χ3v) is 4.82. The second-order valence-electron chi connectivity index (χ2n) is 6.37. The summed E-state index contributed by atoms with van der Waals surface area (Å²) in [7, 11) is 1.96. The van der Waals surface area contributed by atoms with E-state index in [1.54, 1.807) is 0 Å². The van der Waals surface area contributed by atoms with Gasteiger partial charge in [0, 0.05) is 48.3 Å². The predicted molar refractivity (Wildman–Crippen MR) is 83.1 cm³/mol. The Hall–Kier alpha value is -1.97. The number of nitrogens with zero attached hydrogens (tertiary/aromatic N) is 2. The molecule has 4 heteroatoms. The number of nitrogens with one attached hydrogen (secondary N) is 1. The van der Waals surface area contributed by atoms with Crippen molar-refractivity contribution >= 4 is 5.69 Å². The van der Waals surface area contributed by atoms with Gasteiger partial charge in [0.05, 0.1) is 18.6 Å². The molecule has 0 saturated heterocycles. The van der Waals surface area contributed by atoms with Crippen molar-refractivity contribution in [1.29, 1.82) is 0 Å². The second-order valence-corrected chi connectivity index (χ2v) is 6.37. The first-order chi connectivity index (χ1) is 10.2. The van der Waals surface area contributed by atoms with Crippen molar-refractivity contribution in [3.05, 3.63) is 42.0 Å². The standard InChI is InChI=1S/C17H21N3O/c1-10(2)20-7-14(19-9-20)17-13-8-21-15-5-4-11(18-3)6-12(15)16(13)17/h4-7,9-10,13,16-18H,8H2,1-3H3. The third-order valence-electron chi connectivity index (χ3n) is 4.82. The molecule has 3 unspecified atom stereocenters. The number of anilines is 1. The number of rotatable bonds is 3. The van der Waals surface area contributed by atoms with E-state index in [1.807, 2.05) is 13.4 Å². The Morgan fingerprint density at radius 2 is 2.19 bits per heavy atom.